The Morgan fingerprint density at radius 3 is 2.39 bits per heavy atom. The molecule has 7 heteroatoms. The first-order valence-electron chi connectivity index (χ1n) is 5.10. The maximum atomic E-state index is 13.2. The number of rotatable bonds is 4. The van der Waals surface area contributed by atoms with Crippen LogP contribution in [0, 0.1) is 17.1 Å². The number of halogens is 1. The smallest absolute Gasteiger partial charge is 0.207 e. The fourth-order valence-corrected chi connectivity index (χ4v) is 2.29. The van der Waals surface area contributed by atoms with Crippen LogP contribution in [0.3, 0.4) is 0 Å². The molecule has 1 rings (SSSR count). The monoisotopic (exact) mass is 271 g/mol. The molecule has 0 fully saturated rings. The predicted octanol–water partition coefficient (Wildman–Crippen LogP) is 0.936. The molecule has 0 spiro atoms. The summed E-state index contributed by atoms with van der Waals surface area (Å²) in [7, 11) is 0.679. The first kappa shape index (κ1) is 14.6. The molecule has 98 valence electrons. The van der Waals surface area contributed by atoms with E-state index < -0.39 is 16.0 Å². The summed E-state index contributed by atoms with van der Waals surface area (Å²) in [5.41, 5.74) is 0.597. The molecule has 1 aromatic carbocycles. The Labute approximate surface area is 106 Å². The molecule has 0 amide bonds. The molecule has 0 saturated carbocycles. The van der Waals surface area contributed by atoms with E-state index in [2.05, 4.69) is 0 Å². The van der Waals surface area contributed by atoms with Gasteiger partial charge in [0.15, 0.2) is 0 Å². The molecule has 0 aliphatic heterocycles. The fraction of sp³-hybridized carbons (Fsp3) is 0.364. The molecule has 18 heavy (non-hydrogen) atoms. The molecule has 0 atom stereocenters. The van der Waals surface area contributed by atoms with E-state index in [-0.39, 0.29) is 12.1 Å². The summed E-state index contributed by atoms with van der Waals surface area (Å²) in [5.74, 6) is -0.556. The SMILES string of the molecule is CN(C)S(=O)(=O)N(C)Cc1cc(F)cc(C#N)c1. The van der Waals surface area contributed by atoms with Crippen molar-refractivity contribution in [2.24, 2.45) is 0 Å². The molecule has 0 aliphatic carbocycles. The summed E-state index contributed by atoms with van der Waals surface area (Å²) in [6.07, 6.45) is 0. The molecular weight excluding hydrogens is 257 g/mol. The van der Waals surface area contributed by atoms with E-state index in [0.29, 0.717) is 5.56 Å². The van der Waals surface area contributed by atoms with E-state index >= 15 is 0 Å². The first-order valence-corrected chi connectivity index (χ1v) is 6.50. The highest BCUT2D eigenvalue weighted by molar-refractivity contribution is 7.86. The van der Waals surface area contributed by atoms with Gasteiger partial charge in [0.2, 0.25) is 0 Å². The Morgan fingerprint density at radius 2 is 1.89 bits per heavy atom. The Hall–Kier alpha value is -1.49. The quantitative estimate of drug-likeness (QED) is 0.818. The van der Waals surface area contributed by atoms with Crippen LogP contribution in [0.1, 0.15) is 11.1 Å². The van der Waals surface area contributed by atoms with Crippen LogP contribution < -0.4 is 0 Å². The van der Waals surface area contributed by atoms with E-state index in [4.69, 9.17) is 5.26 Å². The van der Waals surface area contributed by atoms with Gasteiger partial charge in [-0.3, -0.25) is 0 Å². The minimum absolute atomic E-state index is 0.00690. The maximum Gasteiger partial charge on any atom is 0.281 e. The summed E-state index contributed by atoms with van der Waals surface area (Å²) >= 11 is 0. The fourth-order valence-electron chi connectivity index (χ4n) is 1.42. The average molecular weight is 271 g/mol. The third-order valence-corrected chi connectivity index (χ3v) is 4.19. The lowest BCUT2D eigenvalue weighted by Gasteiger charge is -2.21. The number of benzene rings is 1. The van der Waals surface area contributed by atoms with Gasteiger partial charge in [0.05, 0.1) is 11.6 Å². The van der Waals surface area contributed by atoms with Crippen molar-refractivity contribution in [2.45, 2.75) is 6.54 Å². The van der Waals surface area contributed by atoms with Gasteiger partial charge in [-0.15, -0.1) is 0 Å². The van der Waals surface area contributed by atoms with E-state index in [1.165, 1.54) is 33.3 Å². The van der Waals surface area contributed by atoms with Crippen molar-refractivity contribution in [1.82, 2.24) is 8.61 Å². The zero-order chi connectivity index (χ0) is 13.9. The minimum atomic E-state index is -3.55. The van der Waals surface area contributed by atoms with Crippen LogP contribution in [0.4, 0.5) is 4.39 Å². The summed E-state index contributed by atoms with van der Waals surface area (Å²) in [6, 6.07) is 5.60. The van der Waals surface area contributed by atoms with Crippen molar-refractivity contribution in [2.75, 3.05) is 21.1 Å². The zero-order valence-electron chi connectivity index (χ0n) is 10.4. The van der Waals surface area contributed by atoms with Crippen molar-refractivity contribution in [3.63, 3.8) is 0 Å². The van der Waals surface area contributed by atoms with Gasteiger partial charge in [0.25, 0.3) is 10.2 Å². The molecule has 5 nitrogen and oxygen atoms in total. The molecule has 0 bridgehead atoms. The third-order valence-electron chi connectivity index (χ3n) is 2.35. The van der Waals surface area contributed by atoms with Crippen LogP contribution in [-0.4, -0.2) is 38.2 Å². The number of hydrogen-bond acceptors (Lipinski definition) is 3. The number of nitrogens with zero attached hydrogens (tertiary/aromatic N) is 3. The average Bonchev–Trinajstić information content (AvgIpc) is 2.27. The van der Waals surface area contributed by atoms with E-state index in [1.54, 1.807) is 0 Å². The van der Waals surface area contributed by atoms with E-state index in [1.807, 2.05) is 6.07 Å². The lowest BCUT2D eigenvalue weighted by molar-refractivity contribution is 0.413. The topological polar surface area (TPSA) is 64.4 Å². The molecule has 0 unspecified atom stereocenters. The van der Waals surface area contributed by atoms with Gasteiger partial charge in [0, 0.05) is 27.7 Å². The second-order valence-electron chi connectivity index (χ2n) is 4.01. The third kappa shape index (κ3) is 3.26. The van der Waals surface area contributed by atoms with Crippen LogP contribution in [0.15, 0.2) is 18.2 Å². The van der Waals surface area contributed by atoms with Crippen molar-refractivity contribution in [3.8, 4) is 6.07 Å². The van der Waals surface area contributed by atoms with Crippen LogP contribution in [0.25, 0.3) is 0 Å². The maximum absolute atomic E-state index is 13.2. The number of hydrogen-bond donors (Lipinski definition) is 0. The molecule has 0 aliphatic rings. The second kappa shape index (κ2) is 5.44. The second-order valence-corrected chi connectivity index (χ2v) is 6.26. The van der Waals surface area contributed by atoms with Crippen molar-refractivity contribution < 1.29 is 12.8 Å². The standard InChI is InChI=1S/C11H14FN3O2S/c1-14(2)18(16,17)15(3)8-10-4-9(7-13)5-11(12)6-10/h4-6H,8H2,1-3H3. The highest BCUT2D eigenvalue weighted by atomic mass is 32.2. The molecule has 0 radical (unpaired) electrons. The Bertz CT molecular complexity index is 578. The molecule has 1 aromatic rings. The molecular formula is C11H14FN3O2S. The Morgan fingerprint density at radius 1 is 1.28 bits per heavy atom. The van der Waals surface area contributed by atoms with Crippen molar-refractivity contribution in [3.05, 3.63) is 35.1 Å². The van der Waals surface area contributed by atoms with Crippen LogP contribution >= 0.6 is 0 Å². The van der Waals surface area contributed by atoms with Gasteiger partial charge < -0.3 is 0 Å². The highest BCUT2D eigenvalue weighted by Crippen LogP contribution is 2.13. The van der Waals surface area contributed by atoms with Gasteiger partial charge in [-0.1, -0.05) is 0 Å². The van der Waals surface area contributed by atoms with Crippen LogP contribution in [-0.2, 0) is 16.8 Å². The van der Waals surface area contributed by atoms with Crippen LogP contribution in [0.5, 0.6) is 0 Å². The van der Waals surface area contributed by atoms with Crippen molar-refractivity contribution in [1.29, 1.82) is 5.26 Å². The highest BCUT2D eigenvalue weighted by Gasteiger charge is 2.20. The largest absolute Gasteiger partial charge is 0.281 e. The van der Waals surface area contributed by atoms with E-state index in [0.717, 1.165) is 14.7 Å². The predicted molar refractivity (Wildman–Crippen MR) is 65.2 cm³/mol. The summed E-state index contributed by atoms with van der Waals surface area (Å²) in [4.78, 5) is 0. The van der Waals surface area contributed by atoms with Gasteiger partial charge in [-0.25, -0.2) is 4.39 Å². The molecule has 0 saturated heterocycles. The lowest BCUT2D eigenvalue weighted by atomic mass is 10.1. The van der Waals surface area contributed by atoms with Gasteiger partial charge in [-0.05, 0) is 23.8 Å². The van der Waals surface area contributed by atoms with Crippen LogP contribution in [0.2, 0.25) is 0 Å². The Kier molecular flexibility index (Phi) is 4.40. The lowest BCUT2D eigenvalue weighted by Crippen LogP contribution is -2.36. The van der Waals surface area contributed by atoms with Crippen molar-refractivity contribution >= 4 is 10.2 Å². The van der Waals surface area contributed by atoms with E-state index in [9.17, 15) is 12.8 Å². The van der Waals surface area contributed by atoms with Gasteiger partial charge in [-0.2, -0.15) is 22.3 Å². The summed E-state index contributed by atoms with van der Waals surface area (Å²) in [6.45, 7) is 0.00690. The summed E-state index contributed by atoms with van der Waals surface area (Å²) in [5, 5.41) is 8.71. The number of nitriles is 1. The Balaban J connectivity index is 2.99. The molecule has 0 aromatic heterocycles. The van der Waals surface area contributed by atoms with Gasteiger partial charge >= 0.3 is 0 Å². The zero-order valence-corrected chi connectivity index (χ0v) is 11.2. The molecule has 0 N–H and O–H groups in total. The molecule has 0 heterocycles. The normalized spacial score (nSPS) is 11.8. The summed E-state index contributed by atoms with van der Waals surface area (Å²) < 4.78 is 38.9. The van der Waals surface area contributed by atoms with Gasteiger partial charge in [0.1, 0.15) is 5.82 Å². The minimum Gasteiger partial charge on any atom is -0.207 e. The first-order chi connectivity index (χ1) is 8.27.